The van der Waals surface area contributed by atoms with Gasteiger partial charge in [-0.2, -0.15) is 0 Å². The maximum Gasteiger partial charge on any atom is 0.321 e. The van der Waals surface area contributed by atoms with Crippen molar-refractivity contribution < 1.29 is 19.8 Å². The number of rotatable bonds is 5. The molecule has 1 aliphatic heterocycles. The van der Waals surface area contributed by atoms with Crippen molar-refractivity contribution >= 4 is 17.6 Å². The Labute approximate surface area is 123 Å². The standard InChI is InChI=1S/C15H20N2O4/c1-2-10-3-5-11(6-4-10)16-14(19)9-17-8-12(18)7-13(17)15(20)21/h3-6,12-13,18H,2,7-9H2,1H3,(H,16,19)(H,20,21). The van der Waals surface area contributed by atoms with Crippen molar-refractivity contribution in [1.82, 2.24) is 4.90 Å². The van der Waals surface area contributed by atoms with Gasteiger partial charge < -0.3 is 15.5 Å². The molecule has 0 aromatic heterocycles. The lowest BCUT2D eigenvalue weighted by atomic mass is 10.1. The van der Waals surface area contributed by atoms with Crippen LogP contribution in [0.2, 0.25) is 0 Å². The topological polar surface area (TPSA) is 89.9 Å². The molecule has 1 fully saturated rings. The van der Waals surface area contributed by atoms with Crippen LogP contribution < -0.4 is 5.32 Å². The zero-order valence-electron chi connectivity index (χ0n) is 12.0. The van der Waals surface area contributed by atoms with Gasteiger partial charge in [0.1, 0.15) is 6.04 Å². The van der Waals surface area contributed by atoms with Crippen LogP contribution in [0, 0.1) is 0 Å². The Balaban J connectivity index is 1.92. The van der Waals surface area contributed by atoms with Crippen LogP contribution >= 0.6 is 0 Å². The zero-order valence-corrected chi connectivity index (χ0v) is 12.0. The maximum atomic E-state index is 12.0. The molecule has 6 heteroatoms. The number of aliphatic hydroxyl groups excluding tert-OH is 1. The van der Waals surface area contributed by atoms with E-state index in [0.717, 1.165) is 6.42 Å². The van der Waals surface area contributed by atoms with Crippen LogP contribution in [0.4, 0.5) is 5.69 Å². The number of aryl methyl sites for hydroxylation is 1. The third-order valence-electron chi connectivity index (χ3n) is 3.66. The number of aliphatic carboxylic acids is 1. The fourth-order valence-electron chi connectivity index (χ4n) is 2.52. The molecule has 1 saturated heterocycles. The van der Waals surface area contributed by atoms with Gasteiger partial charge in [0.05, 0.1) is 12.6 Å². The Bertz CT molecular complexity index is 515. The summed E-state index contributed by atoms with van der Waals surface area (Å²) in [4.78, 5) is 24.5. The van der Waals surface area contributed by atoms with Crippen molar-refractivity contribution in [3.8, 4) is 0 Å². The Morgan fingerprint density at radius 1 is 1.33 bits per heavy atom. The number of hydrogen-bond acceptors (Lipinski definition) is 4. The second-order valence-corrected chi connectivity index (χ2v) is 5.27. The van der Waals surface area contributed by atoms with Crippen molar-refractivity contribution in [2.75, 3.05) is 18.4 Å². The van der Waals surface area contributed by atoms with Crippen LogP contribution in [-0.4, -0.2) is 52.2 Å². The number of benzene rings is 1. The Morgan fingerprint density at radius 3 is 2.57 bits per heavy atom. The van der Waals surface area contributed by atoms with Crippen LogP contribution in [0.15, 0.2) is 24.3 Å². The highest BCUT2D eigenvalue weighted by Crippen LogP contribution is 2.18. The van der Waals surface area contributed by atoms with Crippen LogP contribution in [0.25, 0.3) is 0 Å². The molecule has 2 unspecified atom stereocenters. The number of β-amino-alcohol motifs (C(OH)–C–C–N with tert-alkyl or cyclic N) is 1. The average Bonchev–Trinajstić information content (AvgIpc) is 2.80. The molecule has 21 heavy (non-hydrogen) atoms. The lowest BCUT2D eigenvalue weighted by Gasteiger charge is -2.19. The summed E-state index contributed by atoms with van der Waals surface area (Å²) in [7, 11) is 0. The lowest BCUT2D eigenvalue weighted by molar-refractivity contribution is -0.142. The van der Waals surface area contributed by atoms with Gasteiger partial charge in [-0.3, -0.25) is 14.5 Å². The predicted octanol–water partition coefficient (Wildman–Crippen LogP) is 0.707. The summed E-state index contributed by atoms with van der Waals surface area (Å²) in [5.41, 5.74) is 1.87. The fraction of sp³-hybridized carbons (Fsp3) is 0.467. The summed E-state index contributed by atoms with van der Waals surface area (Å²) in [6, 6.07) is 6.73. The number of carbonyl (C=O) groups is 2. The fourth-order valence-corrected chi connectivity index (χ4v) is 2.52. The van der Waals surface area contributed by atoms with Gasteiger partial charge in [0, 0.05) is 18.7 Å². The molecule has 1 amide bonds. The van der Waals surface area contributed by atoms with Crippen LogP contribution in [0.3, 0.4) is 0 Å². The molecule has 3 N–H and O–H groups in total. The number of nitrogens with one attached hydrogen (secondary N) is 1. The van der Waals surface area contributed by atoms with Gasteiger partial charge in [-0.25, -0.2) is 0 Å². The summed E-state index contributed by atoms with van der Waals surface area (Å²) < 4.78 is 0. The highest BCUT2D eigenvalue weighted by atomic mass is 16.4. The average molecular weight is 292 g/mol. The van der Waals surface area contributed by atoms with Crippen molar-refractivity contribution in [2.45, 2.75) is 31.9 Å². The van der Waals surface area contributed by atoms with Crippen LogP contribution in [-0.2, 0) is 16.0 Å². The van der Waals surface area contributed by atoms with Gasteiger partial charge in [0.2, 0.25) is 5.91 Å². The number of amides is 1. The Hall–Kier alpha value is -1.92. The largest absolute Gasteiger partial charge is 0.480 e. The third kappa shape index (κ3) is 4.03. The van der Waals surface area contributed by atoms with E-state index >= 15 is 0 Å². The minimum atomic E-state index is -1.01. The molecule has 0 radical (unpaired) electrons. The number of nitrogens with zero attached hydrogens (tertiary/aromatic N) is 1. The Kier molecular flexibility index (Phi) is 4.93. The molecule has 1 aromatic rings. The minimum absolute atomic E-state index is 0.0381. The van der Waals surface area contributed by atoms with Gasteiger partial charge in [-0.1, -0.05) is 19.1 Å². The predicted molar refractivity (Wildman–Crippen MR) is 78.1 cm³/mol. The molecule has 1 aliphatic rings. The van der Waals surface area contributed by atoms with Gasteiger partial charge in [0.15, 0.2) is 0 Å². The number of likely N-dealkylation sites (tertiary alicyclic amines) is 1. The summed E-state index contributed by atoms with van der Waals surface area (Å²) in [5.74, 6) is -1.29. The van der Waals surface area contributed by atoms with Crippen molar-refractivity contribution in [3.05, 3.63) is 29.8 Å². The number of anilines is 1. The number of carboxylic acid groups (broad SMARTS) is 1. The first-order valence-corrected chi connectivity index (χ1v) is 7.03. The molecule has 0 saturated carbocycles. The summed E-state index contributed by atoms with van der Waals surface area (Å²) in [5, 5.41) is 21.4. The molecular weight excluding hydrogens is 272 g/mol. The van der Waals surface area contributed by atoms with E-state index in [2.05, 4.69) is 12.2 Å². The monoisotopic (exact) mass is 292 g/mol. The Morgan fingerprint density at radius 2 is 2.00 bits per heavy atom. The molecule has 0 spiro atoms. The molecule has 0 aliphatic carbocycles. The number of carbonyl (C=O) groups excluding carboxylic acids is 1. The number of aliphatic hydroxyl groups is 1. The normalized spacial score (nSPS) is 22.2. The molecule has 2 atom stereocenters. The van der Waals surface area contributed by atoms with E-state index in [-0.39, 0.29) is 25.4 Å². The highest BCUT2D eigenvalue weighted by molar-refractivity contribution is 5.92. The zero-order chi connectivity index (χ0) is 15.4. The van der Waals surface area contributed by atoms with E-state index < -0.39 is 18.1 Å². The lowest BCUT2D eigenvalue weighted by Crippen LogP contribution is -2.41. The van der Waals surface area contributed by atoms with Crippen molar-refractivity contribution in [3.63, 3.8) is 0 Å². The van der Waals surface area contributed by atoms with E-state index in [1.54, 1.807) is 0 Å². The molecule has 2 rings (SSSR count). The van der Waals surface area contributed by atoms with E-state index in [9.17, 15) is 14.7 Å². The van der Waals surface area contributed by atoms with Gasteiger partial charge in [-0.05, 0) is 24.1 Å². The second-order valence-electron chi connectivity index (χ2n) is 5.27. The molecule has 6 nitrogen and oxygen atoms in total. The molecular formula is C15H20N2O4. The quantitative estimate of drug-likeness (QED) is 0.743. The first kappa shape index (κ1) is 15.5. The molecule has 1 heterocycles. The molecule has 0 bridgehead atoms. The van der Waals surface area contributed by atoms with Gasteiger partial charge in [0.25, 0.3) is 0 Å². The van der Waals surface area contributed by atoms with E-state index in [4.69, 9.17) is 5.11 Å². The summed E-state index contributed by atoms with van der Waals surface area (Å²) in [6.07, 6.45) is 0.399. The van der Waals surface area contributed by atoms with Crippen molar-refractivity contribution in [2.24, 2.45) is 0 Å². The third-order valence-corrected chi connectivity index (χ3v) is 3.66. The molecule has 1 aromatic carbocycles. The number of hydrogen-bond donors (Lipinski definition) is 3. The number of carboxylic acids is 1. The van der Waals surface area contributed by atoms with E-state index in [0.29, 0.717) is 5.69 Å². The maximum absolute atomic E-state index is 12.0. The van der Waals surface area contributed by atoms with Crippen molar-refractivity contribution in [1.29, 1.82) is 0 Å². The van der Waals surface area contributed by atoms with E-state index in [1.165, 1.54) is 10.5 Å². The summed E-state index contributed by atoms with van der Waals surface area (Å²) >= 11 is 0. The second kappa shape index (κ2) is 6.69. The van der Waals surface area contributed by atoms with E-state index in [1.807, 2.05) is 24.3 Å². The minimum Gasteiger partial charge on any atom is -0.480 e. The SMILES string of the molecule is CCc1ccc(NC(=O)CN2CC(O)CC2C(=O)O)cc1. The first-order chi connectivity index (χ1) is 9.99. The van der Waals surface area contributed by atoms with Gasteiger partial charge >= 0.3 is 5.97 Å². The summed E-state index contributed by atoms with van der Waals surface area (Å²) in [6.45, 7) is 2.22. The first-order valence-electron chi connectivity index (χ1n) is 7.03. The highest BCUT2D eigenvalue weighted by Gasteiger charge is 2.36. The van der Waals surface area contributed by atoms with Crippen LogP contribution in [0.5, 0.6) is 0 Å². The van der Waals surface area contributed by atoms with Crippen LogP contribution in [0.1, 0.15) is 18.9 Å². The smallest absolute Gasteiger partial charge is 0.321 e. The molecule has 114 valence electrons. The van der Waals surface area contributed by atoms with Gasteiger partial charge in [-0.15, -0.1) is 0 Å².